The second-order valence-corrected chi connectivity index (χ2v) is 7.30. The lowest BCUT2D eigenvalue weighted by Gasteiger charge is -2.16. The van der Waals surface area contributed by atoms with E-state index in [1.807, 2.05) is 23.8 Å². The lowest BCUT2D eigenvalue weighted by molar-refractivity contribution is 0.463. The van der Waals surface area contributed by atoms with E-state index in [2.05, 4.69) is 15.5 Å². The van der Waals surface area contributed by atoms with Gasteiger partial charge in [0.15, 0.2) is 5.03 Å². The van der Waals surface area contributed by atoms with Crippen molar-refractivity contribution in [1.82, 2.24) is 19.8 Å². The van der Waals surface area contributed by atoms with Crippen molar-refractivity contribution in [3.63, 3.8) is 0 Å². The predicted molar refractivity (Wildman–Crippen MR) is 79.1 cm³/mol. The van der Waals surface area contributed by atoms with Crippen LogP contribution in [0.2, 0.25) is 0 Å². The van der Waals surface area contributed by atoms with Crippen LogP contribution in [0, 0.1) is 6.92 Å². The van der Waals surface area contributed by atoms with Gasteiger partial charge < -0.3 is 5.32 Å². The molecule has 0 radical (unpaired) electrons. The highest BCUT2D eigenvalue weighted by molar-refractivity contribution is 7.89. The third-order valence-corrected chi connectivity index (χ3v) is 5.54. The maximum Gasteiger partial charge on any atom is 0.262 e. The van der Waals surface area contributed by atoms with Gasteiger partial charge in [0.05, 0.1) is 0 Å². The molecule has 20 heavy (non-hydrogen) atoms. The molecule has 0 bridgehead atoms. The van der Waals surface area contributed by atoms with E-state index in [1.165, 1.54) is 4.31 Å². The molecule has 6 nitrogen and oxygen atoms in total. The van der Waals surface area contributed by atoms with E-state index < -0.39 is 10.0 Å². The Kier molecular flexibility index (Phi) is 4.59. The van der Waals surface area contributed by atoms with Gasteiger partial charge in [-0.15, -0.1) is 0 Å². The van der Waals surface area contributed by atoms with Crippen LogP contribution in [0.1, 0.15) is 16.8 Å². The van der Waals surface area contributed by atoms with Crippen LogP contribution in [-0.2, 0) is 23.1 Å². The summed E-state index contributed by atoms with van der Waals surface area (Å²) in [5.41, 5.74) is 2.43. The number of hydrogen-bond donors (Lipinski definition) is 2. The Morgan fingerprint density at radius 2 is 2.25 bits per heavy atom. The van der Waals surface area contributed by atoms with Crippen molar-refractivity contribution in [1.29, 1.82) is 0 Å². The molecule has 2 aromatic rings. The highest BCUT2D eigenvalue weighted by Crippen LogP contribution is 2.21. The minimum atomic E-state index is -3.59. The average Bonchev–Trinajstić information content (AvgIpc) is 3.01. The van der Waals surface area contributed by atoms with E-state index in [0.717, 1.165) is 11.3 Å². The number of nitrogens with zero attached hydrogens (tertiary/aromatic N) is 2. The molecule has 110 valence electrons. The maximum absolute atomic E-state index is 12.6. The Bertz CT molecular complexity index is 662. The Labute approximate surface area is 122 Å². The molecule has 0 spiro atoms. The Morgan fingerprint density at radius 3 is 2.85 bits per heavy atom. The standard InChI is InChI=1S/C12H18N4O2S2/c1-9-11(6-13-2)12(15-14-9)20(17,18)16(3)7-10-4-5-19-8-10/h4-5,8,13H,6-7H2,1-3H3,(H,14,15). The third kappa shape index (κ3) is 2.93. The molecule has 0 atom stereocenters. The SMILES string of the molecule is CNCc1c(S(=O)(=O)N(C)Cc2ccsc2)n[nH]c1C. The largest absolute Gasteiger partial charge is 0.316 e. The van der Waals surface area contributed by atoms with Crippen LogP contribution in [0.25, 0.3) is 0 Å². The van der Waals surface area contributed by atoms with Crippen LogP contribution < -0.4 is 5.32 Å². The lowest BCUT2D eigenvalue weighted by Crippen LogP contribution is -2.28. The van der Waals surface area contributed by atoms with Gasteiger partial charge in [-0.2, -0.15) is 20.7 Å². The molecule has 0 aliphatic rings. The van der Waals surface area contributed by atoms with Gasteiger partial charge in [0.1, 0.15) is 0 Å². The first-order chi connectivity index (χ1) is 9.46. The molecule has 8 heteroatoms. The van der Waals surface area contributed by atoms with Gasteiger partial charge in [0.2, 0.25) is 0 Å². The first-order valence-corrected chi connectivity index (χ1v) is 8.51. The van der Waals surface area contributed by atoms with Crippen molar-refractivity contribution in [2.75, 3.05) is 14.1 Å². The molecule has 2 N–H and O–H groups in total. The fraction of sp³-hybridized carbons (Fsp3) is 0.417. The molecule has 0 aromatic carbocycles. The molecule has 2 heterocycles. The minimum Gasteiger partial charge on any atom is -0.316 e. The maximum atomic E-state index is 12.6. The molecule has 2 aromatic heterocycles. The number of aromatic amines is 1. The minimum absolute atomic E-state index is 0.0991. The molecular formula is C12H18N4O2S2. The molecule has 2 rings (SSSR count). The lowest BCUT2D eigenvalue weighted by atomic mass is 10.3. The molecule has 0 saturated carbocycles. The van der Waals surface area contributed by atoms with E-state index in [4.69, 9.17) is 0 Å². The fourth-order valence-electron chi connectivity index (χ4n) is 1.90. The normalized spacial score (nSPS) is 12.2. The van der Waals surface area contributed by atoms with Crippen molar-refractivity contribution in [3.05, 3.63) is 33.6 Å². The Balaban J connectivity index is 2.30. The summed E-state index contributed by atoms with van der Waals surface area (Å²) in [7, 11) is -0.246. The van der Waals surface area contributed by atoms with Gasteiger partial charge in [-0.3, -0.25) is 5.10 Å². The quantitative estimate of drug-likeness (QED) is 0.843. The smallest absolute Gasteiger partial charge is 0.262 e. The summed E-state index contributed by atoms with van der Waals surface area (Å²) in [4.78, 5) is 0. The summed E-state index contributed by atoms with van der Waals surface area (Å²) in [6, 6.07) is 1.92. The Hall–Kier alpha value is -1.22. The molecule has 0 fully saturated rings. The van der Waals surface area contributed by atoms with Crippen LogP contribution >= 0.6 is 11.3 Å². The van der Waals surface area contributed by atoms with Crippen molar-refractivity contribution < 1.29 is 8.42 Å². The van der Waals surface area contributed by atoms with Gasteiger partial charge in [0, 0.05) is 31.4 Å². The predicted octanol–water partition coefficient (Wildman–Crippen LogP) is 1.32. The zero-order valence-electron chi connectivity index (χ0n) is 11.7. The van der Waals surface area contributed by atoms with E-state index in [9.17, 15) is 8.42 Å². The number of aromatic nitrogens is 2. The number of hydrogen-bond acceptors (Lipinski definition) is 5. The van der Waals surface area contributed by atoms with Crippen LogP contribution in [0.15, 0.2) is 21.9 Å². The number of aryl methyl sites for hydroxylation is 1. The van der Waals surface area contributed by atoms with Crippen molar-refractivity contribution in [2.24, 2.45) is 0 Å². The van der Waals surface area contributed by atoms with E-state index in [0.29, 0.717) is 18.7 Å². The van der Waals surface area contributed by atoms with Gasteiger partial charge >= 0.3 is 0 Å². The van der Waals surface area contributed by atoms with Crippen LogP contribution in [-0.4, -0.2) is 37.0 Å². The molecule has 0 saturated heterocycles. The summed E-state index contributed by atoms with van der Waals surface area (Å²) < 4.78 is 26.5. The van der Waals surface area contributed by atoms with E-state index in [1.54, 1.807) is 25.4 Å². The summed E-state index contributed by atoms with van der Waals surface area (Å²) in [6.07, 6.45) is 0. The van der Waals surface area contributed by atoms with Crippen molar-refractivity contribution >= 4 is 21.4 Å². The van der Waals surface area contributed by atoms with E-state index in [-0.39, 0.29) is 5.03 Å². The highest BCUT2D eigenvalue weighted by atomic mass is 32.2. The summed E-state index contributed by atoms with van der Waals surface area (Å²) in [5, 5.41) is 13.7. The second kappa shape index (κ2) is 6.04. The number of thiophene rings is 1. The molecular weight excluding hydrogens is 296 g/mol. The fourth-order valence-corrected chi connectivity index (χ4v) is 3.87. The zero-order valence-corrected chi connectivity index (χ0v) is 13.3. The number of nitrogens with one attached hydrogen (secondary N) is 2. The first-order valence-electron chi connectivity index (χ1n) is 6.12. The van der Waals surface area contributed by atoms with Crippen molar-refractivity contribution in [2.45, 2.75) is 25.0 Å². The second-order valence-electron chi connectivity index (χ2n) is 4.56. The average molecular weight is 314 g/mol. The number of H-pyrrole nitrogens is 1. The van der Waals surface area contributed by atoms with Gasteiger partial charge in [0.25, 0.3) is 10.0 Å². The highest BCUT2D eigenvalue weighted by Gasteiger charge is 2.28. The third-order valence-electron chi connectivity index (χ3n) is 3.03. The van der Waals surface area contributed by atoms with Gasteiger partial charge in [-0.05, 0) is 36.4 Å². The summed E-state index contributed by atoms with van der Waals surface area (Å²) >= 11 is 1.55. The van der Waals surface area contributed by atoms with Crippen molar-refractivity contribution in [3.8, 4) is 0 Å². The summed E-state index contributed by atoms with van der Waals surface area (Å²) in [5.74, 6) is 0. The molecule has 0 aliphatic heterocycles. The Morgan fingerprint density at radius 1 is 1.50 bits per heavy atom. The molecule has 0 amide bonds. The topological polar surface area (TPSA) is 78.1 Å². The zero-order chi connectivity index (χ0) is 14.8. The van der Waals surface area contributed by atoms with Crippen LogP contribution in [0.5, 0.6) is 0 Å². The van der Waals surface area contributed by atoms with Gasteiger partial charge in [-0.25, -0.2) is 8.42 Å². The monoisotopic (exact) mass is 314 g/mol. The van der Waals surface area contributed by atoms with E-state index >= 15 is 0 Å². The van der Waals surface area contributed by atoms with Crippen LogP contribution in [0.3, 0.4) is 0 Å². The van der Waals surface area contributed by atoms with Gasteiger partial charge in [-0.1, -0.05) is 0 Å². The number of rotatable bonds is 6. The molecule has 0 aliphatic carbocycles. The number of sulfonamides is 1. The molecule has 0 unspecified atom stereocenters. The van der Waals surface area contributed by atoms with Crippen LogP contribution in [0.4, 0.5) is 0 Å². The first kappa shape index (κ1) is 15.2. The summed E-state index contributed by atoms with van der Waals surface area (Å²) in [6.45, 7) is 2.62.